The molecule has 1 saturated heterocycles. The maximum atomic E-state index is 11.2. The quantitative estimate of drug-likeness (QED) is 0.739. The van der Waals surface area contributed by atoms with Crippen LogP contribution >= 0.6 is 0 Å². The van der Waals surface area contributed by atoms with Crippen molar-refractivity contribution in [2.75, 3.05) is 6.54 Å². The van der Waals surface area contributed by atoms with Gasteiger partial charge in [0.25, 0.3) is 0 Å². The molecule has 0 N–H and O–H groups in total. The van der Waals surface area contributed by atoms with Crippen LogP contribution in [0.25, 0.3) is 0 Å². The van der Waals surface area contributed by atoms with Crippen LogP contribution in [0.5, 0.6) is 0 Å². The van der Waals surface area contributed by atoms with E-state index in [2.05, 4.69) is 17.0 Å². The predicted molar refractivity (Wildman–Crippen MR) is 55.4 cm³/mol. The van der Waals surface area contributed by atoms with Crippen LogP contribution in [0, 0.1) is 6.92 Å². The molecular formula is C11H16N2O2. The number of hydrogen-bond donors (Lipinski definition) is 0. The average Bonchev–Trinajstić information content (AvgIpc) is 2.56. The van der Waals surface area contributed by atoms with Crippen molar-refractivity contribution in [1.29, 1.82) is 0 Å². The Kier molecular flexibility index (Phi) is 2.86. The van der Waals surface area contributed by atoms with E-state index in [4.69, 9.17) is 4.52 Å². The van der Waals surface area contributed by atoms with Gasteiger partial charge in [0.2, 0.25) is 0 Å². The molecule has 0 bridgehead atoms. The minimum absolute atomic E-state index is 0.322. The van der Waals surface area contributed by atoms with E-state index in [9.17, 15) is 4.79 Å². The van der Waals surface area contributed by atoms with Crippen LogP contribution in [0.2, 0.25) is 0 Å². The van der Waals surface area contributed by atoms with Crippen molar-refractivity contribution in [3.05, 3.63) is 17.5 Å². The van der Waals surface area contributed by atoms with Crippen molar-refractivity contribution in [3.8, 4) is 0 Å². The zero-order valence-electron chi connectivity index (χ0n) is 9.19. The topological polar surface area (TPSA) is 46.3 Å². The molecule has 0 spiro atoms. The van der Waals surface area contributed by atoms with Crippen LogP contribution < -0.4 is 0 Å². The number of aromatic nitrogens is 1. The smallest absolute Gasteiger partial charge is 0.135 e. The Labute approximate surface area is 89.2 Å². The third-order valence-electron chi connectivity index (χ3n) is 2.87. The van der Waals surface area contributed by atoms with Gasteiger partial charge in [-0.3, -0.25) is 9.69 Å². The Morgan fingerprint density at radius 1 is 1.67 bits per heavy atom. The third-order valence-corrected chi connectivity index (χ3v) is 2.87. The van der Waals surface area contributed by atoms with E-state index in [0.29, 0.717) is 24.7 Å². The van der Waals surface area contributed by atoms with Gasteiger partial charge in [-0.15, -0.1) is 0 Å². The standard InChI is InChI=1S/C11H16N2O2/c1-8-5-11(14)3-4-13(8)7-10-6-9(2)15-12-10/h6,8H,3-5,7H2,1-2H3. The van der Waals surface area contributed by atoms with Gasteiger partial charge in [0.05, 0.1) is 5.69 Å². The van der Waals surface area contributed by atoms with Crippen LogP contribution in [0.3, 0.4) is 0 Å². The summed E-state index contributed by atoms with van der Waals surface area (Å²) in [5.41, 5.74) is 0.952. The molecule has 1 fully saturated rings. The summed E-state index contributed by atoms with van der Waals surface area (Å²) in [6, 6.07) is 2.27. The fourth-order valence-corrected chi connectivity index (χ4v) is 1.98. The lowest BCUT2D eigenvalue weighted by atomic mass is 10.0. The first kappa shape index (κ1) is 10.4. The Hall–Kier alpha value is -1.16. The van der Waals surface area contributed by atoms with Crippen molar-refractivity contribution in [2.24, 2.45) is 0 Å². The second-order valence-electron chi connectivity index (χ2n) is 4.24. The van der Waals surface area contributed by atoms with Crippen LogP contribution in [0.4, 0.5) is 0 Å². The maximum absolute atomic E-state index is 11.2. The van der Waals surface area contributed by atoms with E-state index in [1.807, 2.05) is 13.0 Å². The van der Waals surface area contributed by atoms with Crippen molar-refractivity contribution in [1.82, 2.24) is 10.1 Å². The fraction of sp³-hybridized carbons (Fsp3) is 0.636. The molecule has 4 nitrogen and oxygen atoms in total. The van der Waals surface area contributed by atoms with Crippen LogP contribution in [-0.2, 0) is 11.3 Å². The molecule has 82 valence electrons. The van der Waals surface area contributed by atoms with E-state index in [-0.39, 0.29) is 0 Å². The second kappa shape index (κ2) is 4.14. The predicted octanol–water partition coefficient (Wildman–Crippen LogP) is 1.54. The Balaban J connectivity index is 1.97. The summed E-state index contributed by atoms with van der Waals surface area (Å²) in [6.45, 7) is 5.60. The number of Topliss-reactive ketones (excluding diaryl/α,β-unsaturated/α-hetero) is 1. The van der Waals surface area contributed by atoms with Crippen molar-refractivity contribution < 1.29 is 9.32 Å². The SMILES string of the molecule is Cc1cc(CN2CCC(=O)CC2C)no1. The number of carbonyl (C=O) groups excluding carboxylic acids is 1. The molecule has 1 atom stereocenters. The van der Waals surface area contributed by atoms with Gasteiger partial charge in [-0.2, -0.15) is 0 Å². The third kappa shape index (κ3) is 2.45. The molecule has 0 saturated carbocycles. The monoisotopic (exact) mass is 208 g/mol. The Morgan fingerprint density at radius 3 is 3.07 bits per heavy atom. The van der Waals surface area contributed by atoms with Gasteiger partial charge in [-0.05, 0) is 13.8 Å². The molecule has 0 aliphatic carbocycles. The lowest BCUT2D eigenvalue weighted by Gasteiger charge is -2.31. The summed E-state index contributed by atoms with van der Waals surface area (Å²) in [5, 5.41) is 3.96. The molecule has 2 rings (SSSR count). The zero-order chi connectivity index (χ0) is 10.8. The molecule has 15 heavy (non-hydrogen) atoms. The van der Waals surface area contributed by atoms with Gasteiger partial charge >= 0.3 is 0 Å². The first-order valence-electron chi connectivity index (χ1n) is 5.33. The van der Waals surface area contributed by atoms with E-state index in [0.717, 1.165) is 24.5 Å². The summed E-state index contributed by atoms with van der Waals surface area (Å²) < 4.78 is 5.02. The molecular weight excluding hydrogens is 192 g/mol. The van der Waals surface area contributed by atoms with Crippen LogP contribution in [-0.4, -0.2) is 28.4 Å². The minimum Gasteiger partial charge on any atom is -0.361 e. The highest BCUT2D eigenvalue weighted by Gasteiger charge is 2.23. The van der Waals surface area contributed by atoms with Gasteiger partial charge in [-0.25, -0.2) is 0 Å². The summed E-state index contributed by atoms with van der Waals surface area (Å²) >= 11 is 0. The lowest BCUT2D eigenvalue weighted by molar-refractivity contribution is -0.123. The fourth-order valence-electron chi connectivity index (χ4n) is 1.98. The van der Waals surface area contributed by atoms with E-state index in [1.165, 1.54) is 0 Å². The van der Waals surface area contributed by atoms with Gasteiger partial charge in [0.15, 0.2) is 0 Å². The first-order chi connectivity index (χ1) is 7.15. The molecule has 1 aromatic rings. The number of aryl methyl sites for hydroxylation is 1. The van der Waals surface area contributed by atoms with Gasteiger partial charge in [-0.1, -0.05) is 5.16 Å². The number of ketones is 1. The van der Waals surface area contributed by atoms with Gasteiger partial charge < -0.3 is 4.52 Å². The highest BCUT2D eigenvalue weighted by atomic mass is 16.5. The molecule has 2 heterocycles. The number of piperidine rings is 1. The number of rotatable bonds is 2. The zero-order valence-corrected chi connectivity index (χ0v) is 9.19. The molecule has 1 aliphatic rings. The normalized spacial score (nSPS) is 23.3. The molecule has 1 unspecified atom stereocenters. The van der Waals surface area contributed by atoms with Crippen LogP contribution in [0.1, 0.15) is 31.2 Å². The summed E-state index contributed by atoms with van der Waals surface area (Å²) in [6.07, 6.45) is 1.33. The molecule has 0 aromatic carbocycles. The Morgan fingerprint density at radius 2 is 2.47 bits per heavy atom. The Bertz CT molecular complexity index is 359. The van der Waals surface area contributed by atoms with Crippen molar-refractivity contribution in [2.45, 2.75) is 39.3 Å². The second-order valence-corrected chi connectivity index (χ2v) is 4.24. The summed E-state index contributed by atoms with van der Waals surface area (Å²) in [5.74, 6) is 1.21. The molecule has 1 aliphatic heterocycles. The molecule has 0 radical (unpaired) electrons. The highest BCUT2D eigenvalue weighted by Crippen LogP contribution is 2.16. The first-order valence-corrected chi connectivity index (χ1v) is 5.33. The van der Waals surface area contributed by atoms with Crippen molar-refractivity contribution in [3.63, 3.8) is 0 Å². The van der Waals surface area contributed by atoms with E-state index >= 15 is 0 Å². The average molecular weight is 208 g/mol. The van der Waals surface area contributed by atoms with E-state index in [1.54, 1.807) is 0 Å². The maximum Gasteiger partial charge on any atom is 0.135 e. The van der Waals surface area contributed by atoms with Gasteiger partial charge in [0.1, 0.15) is 11.5 Å². The number of nitrogens with zero attached hydrogens (tertiary/aromatic N) is 2. The number of hydrogen-bond acceptors (Lipinski definition) is 4. The minimum atomic E-state index is 0.322. The molecule has 1 aromatic heterocycles. The van der Waals surface area contributed by atoms with Gasteiger partial charge in [0, 0.05) is 38.0 Å². The molecule has 0 amide bonds. The molecule has 4 heteroatoms. The largest absolute Gasteiger partial charge is 0.361 e. The summed E-state index contributed by atoms with van der Waals surface area (Å²) in [4.78, 5) is 13.5. The van der Waals surface area contributed by atoms with Crippen LogP contribution in [0.15, 0.2) is 10.6 Å². The van der Waals surface area contributed by atoms with Crippen molar-refractivity contribution >= 4 is 5.78 Å². The highest BCUT2D eigenvalue weighted by molar-refractivity contribution is 5.79. The van der Waals surface area contributed by atoms with E-state index < -0.39 is 0 Å². The number of carbonyl (C=O) groups is 1. The summed E-state index contributed by atoms with van der Waals surface area (Å²) in [7, 11) is 0. The number of likely N-dealkylation sites (tertiary alicyclic amines) is 1. The lowest BCUT2D eigenvalue weighted by Crippen LogP contribution is -2.40.